The van der Waals surface area contributed by atoms with Crippen molar-refractivity contribution in [1.29, 1.82) is 0 Å². The molecule has 0 saturated heterocycles. The van der Waals surface area contributed by atoms with E-state index >= 15 is 0 Å². The molecular formula is C26H16O5. The van der Waals surface area contributed by atoms with Gasteiger partial charge in [0.05, 0.1) is 5.56 Å². The maximum atomic E-state index is 11.4. The predicted molar refractivity (Wildman–Crippen MR) is 117 cm³/mol. The molecule has 0 radical (unpaired) electrons. The Bertz CT molecular complexity index is 1360. The van der Waals surface area contributed by atoms with Crippen molar-refractivity contribution in [2.24, 2.45) is 0 Å². The van der Waals surface area contributed by atoms with Crippen LogP contribution in [-0.4, -0.2) is 22.2 Å². The molecule has 0 saturated carbocycles. The Morgan fingerprint density at radius 3 is 2.06 bits per heavy atom. The molecule has 4 rings (SSSR count). The molecule has 4 aromatic carbocycles. The summed E-state index contributed by atoms with van der Waals surface area (Å²) in [5, 5.41) is 20.7. The second kappa shape index (κ2) is 8.44. The lowest BCUT2D eigenvalue weighted by Crippen LogP contribution is -2.03. The van der Waals surface area contributed by atoms with Crippen LogP contribution in [0.1, 0.15) is 31.8 Å². The number of carbonyl (C=O) groups is 2. The van der Waals surface area contributed by atoms with Crippen LogP contribution in [0.3, 0.4) is 0 Å². The van der Waals surface area contributed by atoms with E-state index < -0.39 is 11.9 Å². The van der Waals surface area contributed by atoms with Crippen LogP contribution >= 0.6 is 0 Å². The average molecular weight is 408 g/mol. The Morgan fingerprint density at radius 1 is 0.677 bits per heavy atom. The van der Waals surface area contributed by atoms with Gasteiger partial charge in [-0.05, 0) is 65.4 Å². The molecule has 150 valence electrons. The summed E-state index contributed by atoms with van der Waals surface area (Å²) in [5.74, 6) is 4.19. The Hall–Kier alpha value is -4.56. The van der Waals surface area contributed by atoms with E-state index in [4.69, 9.17) is 9.84 Å². The lowest BCUT2D eigenvalue weighted by molar-refractivity contribution is 0.0678. The normalized spacial score (nSPS) is 10.2. The number of aromatic carboxylic acids is 2. The second-order valence-corrected chi connectivity index (χ2v) is 6.76. The zero-order chi connectivity index (χ0) is 21.8. The third-order valence-corrected chi connectivity index (χ3v) is 4.64. The molecule has 5 heteroatoms. The fraction of sp³-hybridized carbons (Fsp3) is 0. The largest absolute Gasteiger partial charge is 0.478 e. The van der Waals surface area contributed by atoms with E-state index in [2.05, 4.69) is 11.8 Å². The van der Waals surface area contributed by atoms with Crippen LogP contribution in [-0.2, 0) is 0 Å². The molecule has 0 heterocycles. The Morgan fingerprint density at radius 2 is 1.35 bits per heavy atom. The van der Waals surface area contributed by atoms with Gasteiger partial charge in [0.2, 0.25) is 0 Å². The van der Waals surface area contributed by atoms with Gasteiger partial charge in [0.15, 0.2) is 0 Å². The van der Waals surface area contributed by atoms with Gasteiger partial charge in [0, 0.05) is 11.1 Å². The van der Waals surface area contributed by atoms with Gasteiger partial charge in [0.1, 0.15) is 17.1 Å². The topological polar surface area (TPSA) is 83.8 Å². The number of fused-ring (bicyclic) bond motifs is 1. The summed E-state index contributed by atoms with van der Waals surface area (Å²) >= 11 is 0. The van der Waals surface area contributed by atoms with Gasteiger partial charge in [-0.1, -0.05) is 42.2 Å². The van der Waals surface area contributed by atoms with Gasteiger partial charge in [-0.3, -0.25) is 0 Å². The molecule has 2 N–H and O–H groups in total. The van der Waals surface area contributed by atoms with Crippen LogP contribution in [0, 0.1) is 11.8 Å². The maximum absolute atomic E-state index is 11.4. The number of ether oxygens (including phenoxy) is 1. The average Bonchev–Trinajstić information content (AvgIpc) is 2.78. The Kier molecular flexibility index (Phi) is 5.37. The zero-order valence-corrected chi connectivity index (χ0v) is 16.2. The fourth-order valence-electron chi connectivity index (χ4n) is 3.06. The predicted octanol–water partition coefficient (Wildman–Crippen LogP) is 5.43. The van der Waals surface area contributed by atoms with Gasteiger partial charge in [-0.2, -0.15) is 0 Å². The first-order chi connectivity index (χ1) is 15.0. The van der Waals surface area contributed by atoms with Crippen molar-refractivity contribution in [2.45, 2.75) is 0 Å². The summed E-state index contributed by atoms with van der Waals surface area (Å²) < 4.78 is 5.64. The maximum Gasteiger partial charge on any atom is 0.339 e. The molecule has 4 aromatic rings. The van der Waals surface area contributed by atoms with Crippen LogP contribution in [0.5, 0.6) is 11.5 Å². The van der Waals surface area contributed by atoms with Crippen molar-refractivity contribution in [1.82, 2.24) is 0 Å². The SMILES string of the molecule is O=C(O)c1ccc(C(=O)O)c(Oc2ccc(C#Cc3ccc4ccccc4c3)cc2)c1. The first-order valence-electron chi connectivity index (χ1n) is 9.39. The molecule has 0 aliphatic heterocycles. The van der Waals surface area contributed by atoms with E-state index in [1.54, 1.807) is 24.3 Å². The molecule has 0 aliphatic carbocycles. The summed E-state index contributed by atoms with van der Waals surface area (Å²) in [6.45, 7) is 0. The van der Waals surface area contributed by atoms with Gasteiger partial charge in [-0.15, -0.1) is 0 Å². The van der Waals surface area contributed by atoms with Crippen molar-refractivity contribution < 1.29 is 24.5 Å². The van der Waals surface area contributed by atoms with Crippen LogP contribution in [0.25, 0.3) is 10.8 Å². The first kappa shape index (κ1) is 19.7. The van der Waals surface area contributed by atoms with Crippen LogP contribution in [0.15, 0.2) is 84.9 Å². The smallest absolute Gasteiger partial charge is 0.339 e. The van der Waals surface area contributed by atoms with Crippen molar-refractivity contribution in [3.05, 3.63) is 107 Å². The van der Waals surface area contributed by atoms with E-state index in [1.165, 1.54) is 18.2 Å². The Labute approximate surface area is 178 Å². The fourth-order valence-corrected chi connectivity index (χ4v) is 3.06. The lowest BCUT2D eigenvalue weighted by atomic mass is 10.1. The van der Waals surface area contributed by atoms with E-state index in [1.807, 2.05) is 42.5 Å². The molecule has 0 spiro atoms. The molecule has 0 atom stereocenters. The summed E-state index contributed by atoms with van der Waals surface area (Å²) in [6, 6.07) is 24.6. The number of carboxylic acids is 2. The van der Waals surface area contributed by atoms with E-state index in [0.29, 0.717) is 5.75 Å². The number of benzene rings is 4. The number of hydrogen-bond acceptors (Lipinski definition) is 3. The zero-order valence-electron chi connectivity index (χ0n) is 16.2. The van der Waals surface area contributed by atoms with Crippen LogP contribution in [0.2, 0.25) is 0 Å². The number of carboxylic acid groups (broad SMARTS) is 2. The highest BCUT2D eigenvalue weighted by Gasteiger charge is 2.15. The highest BCUT2D eigenvalue weighted by atomic mass is 16.5. The summed E-state index contributed by atoms with van der Waals surface area (Å²) in [7, 11) is 0. The molecule has 0 unspecified atom stereocenters. The third kappa shape index (κ3) is 4.55. The molecule has 0 amide bonds. The molecule has 0 fully saturated rings. The molecule has 5 nitrogen and oxygen atoms in total. The van der Waals surface area contributed by atoms with Crippen molar-refractivity contribution in [3.8, 4) is 23.3 Å². The quantitative estimate of drug-likeness (QED) is 0.440. The number of hydrogen-bond donors (Lipinski definition) is 2. The van der Waals surface area contributed by atoms with Gasteiger partial charge < -0.3 is 14.9 Å². The minimum Gasteiger partial charge on any atom is -0.478 e. The monoisotopic (exact) mass is 408 g/mol. The highest BCUT2D eigenvalue weighted by Crippen LogP contribution is 2.27. The molecule has 0 aliphatic rings. The van der Waals surface area contributed by atoms with Crippen LogP contribution in [0.4, 0.5) is 0 Å². The number of rotatable bonds is 4. The van der Waals surface area contributed by atoms with Crippen molar-refractivity contribution in [3.63, 3.8) is 0 Å². The van der Waals surface area contributed by atoms with Crippen LogP contribution < -0.4 is 4.74 Å². The Balaban J connectivity index is 1.55. The molecule has 0 aromatic heterocycles. The summed E-state index contributed by atoms with van der Waals surface area (Å²) in [5.41, 5.74) is 1.48. The van der Waals surface area contributed by atoms with Gasteiger partial charge >= 0.3 is 11.9 Å². The summed E-state index contributed by atoms with van der Waals surface area (Å²) in [6.07, 6.45) is 0. The highest BCUT2D eigenvalue weighted by molar-refractivity contribution is 5.94. The van der Waals surface area contributed by atoms with Gasteiger partial charge in [0.25, 0.3) is 0 Å². The minimum atomic E-state index is -1.20. The first-order valence-corrected chi connectivity index (χ1v) is 9.39. The minimum absolute atomic E-state index is 0.0394. The second-order valence-electron chi connectivity index (χ2n) is 6.76. The molecule has 0 bridgehead atoms. The standard InChI is InChI=1S/C26H16O5/c27-25(28)21-11-14-23(26(29)30)24(16-21)31-22-12-8-17(9-13-22)5-6-18-7-10-19-3-1-2-4-20(19)15-18/h1-4,7-16H,(H,27,28)(H,29,30). The summed E-state index contributed by atoms with van der Waals surface area (Å²) in [4.78, 5) is 22.6. The van der Waals surface area contributed by atoms with Crippen molar-refractivity contribution >= 4 is 22.7 Å². The van der Waals surface area contributed by atoms with E-state index in [-0.39, 0.29) is 16.9 Å². The third-order valence-electron chi connectivity index (χ3n) is 4.64. The van der Waals surface area contributed by atoms with Gasteiger partial charge in [-0.25, -0.2) is 9.59 Å². The van der Waals surface area contributed by atoms with E-state index in [9.17, 15) is 14.7 Å². The lowest BCUT2D eigenvalue weighted by Gasteiger charge is -2.09. The van der Waals surface area contributed by atoms with E-state index in [0.717, 1.165) is 21.9 Å². The molecular weight excluding hydrogens is 392 g/mol. The molecule has 31 heavy (non-hydrogen) atoms. The van der Waals surface area contributed by atoms with Crippen molar-refractivity contribution in [2.75, 3.05) is 0 Å².